The van der Waals surface area contributed by atoms with Crippen molar-refractivity contribution in [3.05, 3.63) is 50.9 Å². The van der Waals surface area contributed by atoms with Crippen LogP contribution in [0.4, 0.5) is 0 Å². The molecule has 0 saturated carbocycles. The van der Waals surface area contributed by atoms with Crippen LogP contribution in [-0.2, 0) is 6.54 Å². The van der Waals surface area contributed by atoms with Crippen LogP contribution in [0, 0.1) is 0 Å². The second-order valence-corrected chi connectivity index (χ2v) is 6.50. The zero-order valence-electron chi connectivity index (χ0n) is 10.2. The number of hydrogen-bond donors (Lipinski definition) is 1. The van der Waals surface area contributed by atoms with Gasteiger partial charge in [-0.1, -0.05) is 6.07 Å². The minimum Gasteiger partial charge on any atom is -0.329 e. The monoisotopic (exact) mass is 325 g/mol. The second-order valence-electron chi connectivity index (χ2n) is 4.21. The van der Waals surface area contributed by atoms with E-state index in [0.717, 1.165) is 15.9 Å². The molecule has 2 rings (SSSR count). The smallest absolute Gasteiger partial charge is 0.0701 e. The quantitative estimate of drug-likeness (QED) is 0.918. The van der Waals surface area contributed by atoms with Gasteiger partial charge in [0, 0.05) is 31.5 Å². The summed E-state index contributed by atoms with van der Waals surface area (Å²) in [4.78, 5) is 6.41. The summed E-state index contributed by atoms with van der Waals surface area (Å²) in [6.45, 7) is 1.48. The van der Waals surface area contributed by atoms with Gasteiger partial charge in [0.1, 0.15) is 0 Å². The Balaban J connectivity index is 2.08. The van der Waals surface area contributed by atoms with Crippen LogP contribution in [0.25, 0.3) is 0 Å². The minimum absolute atomic E-state index is 0.206. The summed E-state index contributed by atoms with van der Waals surface area (Å²) in [5, 5.41) is 2.16. The lowest BCUT2D eigenvalue weighted by molar-refractivity contribution is 0.241. The Bertz CT molecular complexity index is 486. The van der Waals surface area contributed by atoms with E-state index in [4.69, 9.17) is 5.73 Å². The van der Waals surface area contributed by atoms with E-state index in [1.807, 2.05) is 12.3 Å². The molecule has 0 aliphatic carbocycles. The summed E-state index contributed by atoms with van der Waals surface area (Å²) >= 11 is 5.19. The van der Waals surface area contributed by atoms with Gasteiger partial charge >= 0.3 is 0 Å². The summed E-state index contributed by atoms with van der Waals surface area (Å²) in [5.41, 5.74) is 8.35. The fraction of sp³-hybridized carbons (Fsp3) is 0.308. The third-order valence-corrected chi connectivity index (χ3v) is 4.43. The number of nitrogens with two attached hydrogens (primary N) is 1. The Kier molecular flexibility index (Phi) is 4.88. The molecule has 0 aliphatic rings. The highest BCUT2D eigenvalue weighted by atomic mass is 79.9. The molecule has 2 aromatic rings. The van der Waals surface area contributed by atoms with E-state index in [1.54, 1.807) is 17.5 Å². The highest BCUT2D eigenvalue weighted by Gasteiger charge is 2.16. The Morgan fingerprint density at radius 3 is 2.94 bits per heavy atom. The Morgan fingerprint density at radius 1 is 1.56 bits per heavy atom. The highest BCUT2D eigenvalue weighted by molar-refractivity contribution is 9.11. The van der Waals surface area contributed by atoms with Gasteiger partial charge in [-0.15, -0.1) is 11.3 Å². The fourth-order valence-electron chi connectivity index (χ4n) is 1.97. The maximum absolute atomic E-state index is 5.89. The molecule has 0 aliphatic heterocycles. The van der Waals surface area contributed by atoms with Crippen molar-refractivity contribution in [1.82, 2.24) is 9.88 Å². The molecule has 2 N–H and O–H groups in total. The summed E-state index contributed by atoms with van der Waals surface area (Å²) in [6.07, 6.45) is 3.67. The Hall–Kier alpha value is -0.750. The lowest BCUT2D eigenvalue weighted by atomic mass is 10.1. The zero-order valence-corrected chi connectivity index (χ0v) is 12.6. The third kappa shape index (κ3) is 3.38. The van der Waals surface area contributed by atoms with Crippen LogP contribution in [0.1, 0.15) is 17.2 Å². The number of pyridine rings is 1. The van der Waals surface area contributed by atoms with Crippen molar-refractivity contribution in [1.29, 1.82) is 0 Å². The van der Waals surface area contributed by atoms with Gasteiger partial charge < -0.3 is 5.73 Å². The first-order chi connectivity index (χ1) is 8.70. The average molecular weight is 326 g/mol. The number of hydrogen-bond acceptors (Lipinski definition) is 4. The predicted molar refractivity (Wildman–Crippen MR) is 79.5 cm³/mol. The molecule has 1 atom stereocenters. The summed E-state index contributed by atoms with van der Waals surface area (Å²) in [5.74, 6) is 0. The van der Waals surface area contributed by atoms with Crippen LogP contribution in [0.3, 0.4) is 0 Å². The summed E-state index contributed by atoms with van der Waals surface area (Å²) < 4.78 is 1.16. The van der Waals surface area contributed by atoms with Gasteiger partial charge in [-0.05, 0) is 51.6 Å². The SMILES string of the molecule is CN(Cc1csc(Br)c1)C(CN)c1cccnc1. The molecule has 0 amide bonds. The van der Waals surface area contributed by atoms with E-state index in [1.165, 1.54) is 5.56 Å². The Morgan fingerprint density at radius 2 is 2.39 bits per heavy atom. The van der Waals surface area contributed by atoms with Gasteiger partial charge in [-0.2, -0.15) is 0 Å². The second kappa shape index (κ2) is 6.43. The molecule has 0 radical (unpaired) electrons. The van der Waals surface area contributed by atoms with Gasteiger partial charge in [0.05, 0.1) is 3.79 Å². The van der Waals surface area contributed by atoms with E-state index in [9.17, 15) is 0 Å². The van der Waals surface area contributed by atoms with Crippen LogP contribution in [0.2, 0.25) is 0 Å². The first-order valence-electron chi connectivity index (χ1n) is 5.74. The van der Waals surface area contributed by atoms with Crippen molar-refractivity contribution in [2.24, 2.45) is 5.73 Å². The van der Waals surface area contributed by atoms with Gasteiger partial charge in [0.15, 0.2) is 0 Å². The van der Waals surface area contributed by atoms with Crippen LogP contribution in [0.5, 0.6) is 0 Å². The number of nitrogens with zero attached hydrogens (tertiary/aromatic N) is 2. The molecule has 2 heterocycles. The van der Waals surface area contributed by atoms with Gasteiger partial charge in [-0.3, -0.25) is 9.88 Å². The number of halogens is 1. The van der Waals surface area contributed by atoms with E-state index < -0.39 is 0 Å². The van der Waals surface area contributed by atoms with Crippen molar-refractivity contribution >= 4 is 27.3 Å². The Labute approximate surface area is 120 Å². The first kappa shape index (κ1) is 13.7. The molecule has 2 aromatic heterocycles. The van der Waals surface area contributed by atoms with E-state index in [2.05, 4.69) is 50.4 Å². The highest BCUT2D eigenvalue weighted by Crippen LogP contribution is 2.24. The van der Waals surface area contributed by atoms with Crippen molar-refractivity contribution in [3.63, 3.8) is 0 Å². The molecule has 5 heteroatoms. The largest absolute Gasteiger partial charge is 0.329 e. The average Bonchev–Trinajstić information content (AvgIpc) is 2.77. The van der Waals surface area contributed by atoms with Crippen LogP contribution in [-0.4, -0.2) is 23.5 Å². The number of rotatable bonds is 5. The third-order valence-electron chi connectivity index (χ3n) is 2.88. The fourth-order valence-corrected chi connectivity index (χ4v) is 3.17. The van der Waals surface area contributed by atoms with Gasteiger partial charge in [0.2, 0.25) is 0 Å². The maximum Gasteiger partial charge on any atom is 0.0701 e. The molecule has 18 heavy (non-hydrogen) atoms. The zero-order chi connectivity index (χ0) is 13.0. The molecule has 0 bridgehead atoms. The van der Waals surface area contributed by atoms with Crippen LogP contribution in [0.15, 0.2) is 39.8 Å². The van der Waals surface area contributed by atoms with Crippen molar-refractivity contribution in [2.75, 3.05) is 13.6 Å². The van der Waals surface area contributed by atoms with Crippen molar-refractivity contribution < 1.29 is 0 Å². The molecule has 0 fully saturated rings. The molecule has 1 unspecified atom stereocenters. The standard InChI is InChI=1S/C13H16BrN3S/c1-17(8-10-5-13(14)18-9-10)12(6-15)11-3-2-4-16-7-11/h2-5,7,9,12H,6,8,15H2,1H3. The lowest BCUT2D eigenvalue weighted by Crippen LogP contribution is -2.30. The van der Waals surface area contributed by atoms with Crippen LogP contribution < -0.4 is 5.73 Å². The molecule has 0 spiro atoms. The van der Waals surface area contributed by atoms with Gasteiger partial charge in [0.25, 0.3) is 0 Å². The minimum atomic E-state index is 0.206. The topological polar surface area (TPSA) is 42.1 Å². The maximum atomic E-state index is 5.89. The molecule has 96 valence electrons. The molecule has 0 aromatic carbocycles. The predicted octanol–water partition coefficient (Wildman–Crippen LogP) is 3.04. The normalized spacial score (nSPS) is 12.9. The molecule has 3 nitrogen and oxygen atoms in total. The summed E-state index contributed by atoms with van der Waals surface area (Å²) in [7, 11) is 2.09. The number of aromatic nitrogens is 1. The molecular weight excluding hydrogens is 310 g/mol. The first-order valence-corrected chi connectivity index (χ1v) is 7.41. The van der Waals surface area contributed by atoms with Crippen molar-refractivity contribution in [2.45, 2.75) is 12.6 Å². The number of likely N-dealkylation sites (N-methyl/N-ethyl adjacent to an activating group) is 1. The van der Waals surface area contributed by atoms with Crippen molar-refractivity contribution in [3.8, 4) is 0 Å². The van der Waals surface area contributed by atoms with Crippen LogP contribution >= 0.6 is 27.3 Å². The van der Waals surface area contributed by atoms with E-state index >= 15 is 0 Å². The molecule has 0 saturated heterocycles. The van der Waals surface area contributed by atoms with Gasteiger partial charge in [-0.25, -0.2) is 0 Å². The van der Waals surface area contributed by atoms with E-state index in [0.29, 0.717) is 6.54 Å². The number of thiophene rings is 1. The molecular formula is C13H16BrN3S. The summed E-state index contributed by atoms with van der Waals surface area (Å²) in [6, 6.07) is 6.38. The lowest BCUT2D eigenvalue weighted by Gasteiger charge is -2.26. The van der Waals surface area contributed by atoms with E-state index in [-0.39, 0.29) is 6.04 Å².